The molecule has 1 aliphatic carbocycles. The minimum Gasteiger partial charge on any atom is -0.383 e. The van der Waals surface area contributed by atoms with Crippen LogP contribution >= 0.6 is 11.6 Å². The van der Waals surface area contributed by atoms with Gasteiger partial charge in [0.15, 0.2) is 0 Å². The SMILES string of the molecule is COCC(Cl)CCc1ccn(C2CCCC2)n1. The number of nitrogens with zero attached hydrogens (tertiary/aromatic N) is 2. The molecule has 1 unspecified atom stereocenters. The number of rotatable bonds is 6. The van der Waals surface area contributed by atoms with Crippen molar-refractivity contribution in [3.8, 4) is 0 Å². The minimum atomic E-state index is 0.0941. The standard InChI is InChI=1S/C13H21ClN2O/c1-17-10-11(14)6-7-12-8-9-16(15-12)13-4-2-3-5-13/h8-9,11,13H,2-7,10H2,1H3. The van der Waals surface area contributed by atoms with Crippen LogP contribution in [0.25, 0.3) is 0 Å². The summed E-state index contributed by atoms with van der Waals surface area (Å²) in [5, 5.41) is 4.74. The molecule has 0 N–H and O–H groups in total. The van der Waals surface area contributed by atoms with Gasteiger partial charge in [-0.05, 0) is 31.7 Å². The number of aryl methyl sites for hydroxylation is 1. The van der Waals surface area contributed by atoms with Gasteiger partial charge in [-0.1, -0.05) is 12.8 Å². The molecule has 0 aromatic carbocycles. The number of aromatic nitrogens is 2. The summed E-state index contributed by atoms with van der Waals surface area (Å²) in [6.45, 7) is 0.616. The molecule has 0 amide bonds. The Labute approximate surface area is 108 Å². The summed E-state index contributed by atoms with van der Waals surface area (Å²) < 4.78 is 7.16. The zero-order valence-corrected chi connectivity index (χ0v) is 11.2. The zero-order chi connectivity index (χ0) is 12.1. The van der Waals surface area contributed by atoms with E-state index in [9.17, 15) is 0 Å². The fourth-order valence-corrected chi connectivity index (χ4v) is 2.69. The smallest absolute Gasteiger partial charge is 0.0626 e. The molecule has 1 aromatic heterocycles. The minimum absolute atomic E-state index is 0.0941. The first kappa shape index (κ1) is 12.9. The van der Waals surface area contributed by atoms with E-state index in [-0.39, 0.29) is 5.38 Å². The Balaban J connectivity index is 1.81. The van der Waals surface area contributed by atoms with Crippen molar-refractivity contribution in [3.63, 3.8) is 0 Å². The molecule has 1 aromatic rings. The van der Waals surface area contributed by atoms with Crippen LogP contribution in [-0.2, 0) is 11.2 Å². The Morgan fingerprint density at radius 1 is 1.53 bits per heavy atom. The molecule has 17 heavy (non-hydrogen) atoms. The van der Waals surface area contributed by atoms with Gasteiger partial charge in [-0.25, -0.2) is 0 Å². The van der Waals surface area contributed by atoms with Crippen molar-refractivity contribution in [3.05, 3.63) is 18.0 Å². The summed E-state index contributed by atoms with van der Waals surface area (Å²) in [6.07, 6.45) is 9.24. The highest BCUT2D eigenvalue weighted by Crippen LogP contribution is 2.28. The fraction of sp³-hybridized carbons (Fsp3) is 0.769. The molecule has 1 saturated carbocycles. The molecule has 0 bridgehead atoms. The second-order valence-electron chi connectivity index (χ2n) is 4.82. The lowest BCUT2D eigenvalue weighted by Crippen LogP contribution is -2.09. The first-order valence-corrected chi connectivity index (χ1v) is 6.90. The predicted octanol–water partition coefficient (Wildman–Crippen LogP) is 3.18. The molecular formula is C13H21ClN2O. The lowest BCUT2D eigenvalue weighted by Gasteiger charge is -2.09. The van der Waals surface area contributed by atoms with Gasteiger partial charge in [0.2, 0.25) is 0 Å². The van der Waals surface area contributed by atoms with Gasteiger partial charge in [0.1, 0.15) is 0 Å². The normalized spacial score (nSPS) is 18.7. The first-order chi connectivity index (χ1) is 8.29. The van der Waals surface area contributed by atoms with E-state index in [1.807, 2.05) is 0 Å². The molecule has 0 radical (unpaired) electrons. The molecule has 0 spiro atoms. The topological polar surface area (TPSA) is 27.1 Å². The lowest BCUT2D eigenvalue weighted by atomic mass is 10.2. The summed E-state index contributed by atoms with van der Waals surface area (Å²) in [7, 11) is 1.68. The highest BCUT2D eigenvalue weighted by molar-refractivity contribution is 6.20. The van der Waals surface area contributed by atoms with Crippen LogP contribution in [0.5, 0.6) is 0 Å². The maximum Gasteiger partial charge on any atom is 0.0626 e. The van der Waals surface area contributed by atoms with Gasteiger partial charge in [-0.2, -0.15) is 5.10 Å². The molecule has 0 saturated heterocycles. The van der Waals surface area contributed by atoms with Crippen LogP contribution in [0.4, 0.5) is 0 Å². The second-order valence-corrected chi connectivity index (χ2v) is 5.43. The van der Waals surface area contributed by atoms with Gasteiger partial charge in [0, 0.05) is 13.3 Å². The maximum atomic E-state index is 6.11. The van der Waals surface area contributed by atoms with Gasteiger partial charge in [-0.3, -0.25) is 4.68 Å². The lowest BCUT2D eigenvalue weighted by molar-refractivity contribution is 0.195. The summed E-state index contributed by atoms with van der Waals surface area (Å²) in [6, 6.07) is 2.75. The molecular weight excluding hydrogens is 236 g/mol. The van der Waals surface area contributed by atoms with E-state index in [2.05, 4.69) is 22.0 Å². The van der Waals surface area contributed by atoms with Crippen molar-refractivity contribution in [2.24, 2.45) is 0 Å². The van der Waals surface area contributed by atoms with Crippen molar-refractivity contribution in [2.75, 3.05) is 13.7 Å². The van der Waals surface area contributed by atoms with E-state index in [1.54, 1.807) is 7.11 Å². The molecule has 96 valence electrons. The third-order valence-corrected chi connectivity index (χ3v) is 3.77. The first-order valence-electron chi connectivity index (χ1n) is 6.46. The number of alkyl halides is 1. The van der Waals surface area contributed by atoms with Gasteiger partial charge in [0.05, 0.1) is 23.7 Å². The van der Waals surface area contributed by atoms with E-state index in [0.717, 1.165) is 18.5 Å². The molecule has 1 atom stereocenters. The van der Waals surface area contributed by atoms with Gasteiger partial charge in [0.25, 0.3) is 0 Å². The fourth-order valence-electron chi connectivity index (χ4n) is 2.45. The van der Waals surface area contributed by atoms with Crippen LogP contribution in [0, 0.1) is 0 Å². The molecule has 3 nitrogen and oxygen atoms in total. The third-order valence-electron chi connectivity index (χ3n) is 3.42. The maximum absolute atomic E-state index is 6.11. The molecule has 1 fully saturated rings. The number of ether oxygens (including phenoxy) is 1. The monoisotopic (exact) mass is 256 g/mol. The summed E-state index contributed by atoms with van der Waals surface area (Å²) in [4.78, 5) is 0. The molecule has 0 aliphatic heterocycles. The predicted molar refractivity (Wildman–Crippen MR) is 69.6 cm³/mol. The average molecular weight is 257 g/mol. The summed E-state index contributed by atoms with van der Waals surface area (Å²) in [5.74, 6) is 0. The van der Waals surface area contributed by atoms with Crippen LogP contribution in [0.3, 0.4) is 0 Å². The van der Waals surface area contributed by atoms with Crippen LogP contribution in [-0.4, -0.2) is 28.9 Å². The largest absolute Gasteiger partial charge is 0.383 e. The molecule has 1 heterocycles. The zero-order valence-electron chi connectivity index (χ0n) is 10.4. The van der Waals surface area contributed by atoms with Gasteiger partial charge >= 0.3 is 0 Å². The van der Waals surface area contributed by atoms with Crippen molar-refractivity contribution < 1.29 is 4.74 Å². The molecule has 4 heteroatoms. The van der Waals surface area contributed by atoms with E-state index >= 15 is 0 Å². The highest BCUT2D eigenvalue weighted by atomic mass is 35.5. The summed E-state index contributed by atoms with van der Waals surface area (Å²) >= 11 is 6.11. The Hall–Kier alpha value is -0.540. The Kier molecular flexibility index (Phi) is 4.86. The number of methoxy groups -OCH3 is 1. The van der Waals surface area contributed by atoms with Crippen LogP contribution in [0.2, 0.25) is 0 Å². The van der Waals surface area contributed by atoms with E-state index in [4.69, 9.17) is 16.3 Å². The van der Waals surface area contributed by atoms with Crippen LogP contribution < -0.4 is 0 Å². The van der Waals surface area contributed by atoms with E-state index in [0.29, 0.717) is 12.6 Å². The van der Waals surface area contributed by atoms with Gasteiger partial charge in [-0.15, -0.1) is 11.6 Å². The Morgan fingerprint density at radius 2 is 2.29 bits per heavy atom. The van der Waals surface area contributed by atoms with Crippen molar-refractivity contribution >= 4 is 11.6 Å². The van der Waals surface area contributed by atoms with Gasteiger partial charge < -0.3 is 4.74 Å². The summed E-state index contributed by atoms with van der Waals surface area (Å²) in [5.41, 5.74) is 1.15. The highest BCUT2D eigenvalue weighted by Gasteiger charge is 2.17. The number of halogens is 1. The number of hydrogen-bond acceptors (Lipinski definition) is 2. The van der Waals surface area contributed by atoms with Crippen molar-refractivity contribution in [2.45, 2.75) is 49.9 Å². The average Bonchev–Trinajstić information content (AvgIpc) is 2.97. The third kappa shape index (κ3) is 3.71. The second kappa shape index (κ2) is 6.41. The van der Waals surface area contributed by atoms with E-state index in [1.165, 1.54) is 25.7 Å². The Bertz CT molecular complexity index is 334. The van der Waals surface area contributed by atoms with Crippen molar-refractivity contribution in [1.82, 2.24) is 9.78 Å². The van der Waals surface area contributed by atoms with Crippen LogP contribution in [0.1, 0.15) is 43.8 Å². The van der Waals surface area contributed by atoms with Crippen LogP contribution in [0.15, 0.2) is 12.3 Å². The van der Waals surface area contributed by atoms with Crippen molar-refractivity contribution in [1.29, 1.82) is 0 Å². The Morgan fingerprint density at radius 3 is 3.00 bits per heavy atom. The molecule has 1 aliphatic rings. The number of hydrogen-bond donors (Lipinski definition) is 0. The van der Waals surface area contributed by atoms with E-state index < -0.39 is 0 Å². The quantitative estimate of drug-likeness (QED) is 0.731. The molecule has 2 rings (SSSR count).